The number of nitrogens with two attached hydrogens (primary N) is 1. The van der Waals surface area contributed by atoms with Crippen LogP contribution in [0.15, 0.2) is 47.7 Å². The van der Waals surface area contributed by atoms with Gasteiger partial charge in [-0.2, -0.15) is 0 Å². The third-order valence-corrected chi connectivity index (χ3v) is 2.88. The summed E-state index contributed by atoms with van der Waals surface area (Å²) in [6, 6.07) is 7.76. The summed E-state index contributed by atoms with van der Waals surface area (Å²) in [6.07, 6.45) is 3.20. The highest BCUT2D eigenvalue weighted by molar-refractivity contribution is 9.10. The lowest BCUT2D eigenvalue weighted by molar-refractivity contribution is 1.14. The number of aromatic nitrogens is 2. The number of benzene rings is 1. The summed E-state index contributed by atoms with van der Waals surface area (Å²) in [6.45, 7) is 4.23. The average molecular weight is 320 g/mol. The SMILES string of the molecule is C=CCNc1ncnc(Nc2cccc(Br)c2)c1N. The Kier molecular flexibility index (Phi) is 4.35. The summed E-state index contributed by atoms with van der Waals surface area (Å²) in [5.74, 6) is 1.16. The summed E-state index contributed by atoms with van der Waals surface area (Å²) in [5, 5.41) is 6.21. The predicted octanol–water partition coefficient (Wildman–Crippen LogP) is 3.16. The molecule has 2 aromatic rings. The van der Waals surface area contributed by atoms with Crippen LogP contribution in [0.2, 0.25) is 0 Å². The third kappa shape index (κ3) is 3.45. The second-order valence-electron chi connectivity index (χ2n) is 3.79. The van der Waals surface area contributed by atoms with Gasteiger partial charge in [-0.15, -0.1) is 6.58 Å². The lowest BCUT2D eigenvalue weighted by atomic mass is 10.3. The first kappa shape index (κ1) is 13.4. The fraction of sp³-hybridized carbons (Fsp3) is 0.0769. The molecule has 0 radical (unpaired) electrons. The summed E-state index contributed by atoms with van der Waals surface area (Å²) in [7, 11) is 0. The predicted molar refractivity (Wildman–Crippen MR) is 82.6 cm³/mol. The highest BCUT2D eigenvalue weighted by Crippen LogP contribution is 2.26. The number of halogens is 1. The molecule has 0 amide bonds. The topological polar surface area (TPSA) is 75.9 Å². The van der Waals surface area contributed by atoms with E-state index in [4.69, 9.17) is 5.73 Å². The molecule has 19 heavy (non-hydrogen) atoms. The van der Waals surface area contributed by atoms with E-state index in [9.17, 15) is 0 Å². The van der Waals surface area contributed by atoms with E-state index in [2.05, 4.69) is 43.1 Å². The van der Waals surface area contributed by atoms with E-state index >= 15 is 0 Å². The molecule has 1 aromatic heterocycles. The van der Waals surface area contributed by atoms with Gasteiger partial charge in [0, 0.05) is 16.7 Å². The minimum atomic E-state index is 0.476. The fourth-order valence-electron chi connectivity index (χ4n) is 1.51. The summed E-state index contributed by atoms with van der Waals surface area (Å²) < 4.78 is 0.982. The van der Waals surface area contributed by atoms with Gasteiger partial charge in [-0.3, -0.25) is 0 Å². The van der Waals surface area contributed by atoms with Crippen molar-refractivity contribution < 1.29 is 0 Å². The molecular weight excluding hydrogens is 306 g/mol. The van der Waals surface area contributed by atoms with Crippen molar-refractivity contribution in [2.24, 2.45) is 0 Å². The molecule has 0 bridgehead atoms. The van der Waals surface area contributed by atoms with E-state index in [1.807, 2.05) is 24.3 Å². The Bertz CT molecular complexity index is 585. The molecule has 5 nitrogen and oxygen atoms in total. The Hall–Kier alpha value is -2.08. The highest BCUT2D eigenvalue weighted by Gasteiger charge is 2.07. The van der Waals surface area contributed by atoms with Crippen LogP contribution in [0.5, 0.6) is 0 Å². The summed E-state index contributed by atoms with van der Waals surface area (Å²) in [4.78, 5) is 8.23. The molecule has 0 aliphatic carbocycles. The molecule has 0 saturated heterocycles. The van der Waals surface area contributed by atoms with Gasteiger partial charge in [0.15, 0.2) is 11.6 Å². The minimum absolute atomic E-state index is 0.476. The van der Waals surface area contributed by atoms with Crippen molar-refractivity contribution in [2.75, 3.05) is 22.9 Å². The van der Waals surface area contributed by atoms with Crippen molar-refractivity contribution >= 4 is 38.9 Å². The Labute approximate surface area is 120 Å². The van der Waals surface area contributed by atoms with E-state index in [0.29, 0.717) is 23.9 Å². The first-order valence-electron chi connectivity index (χ1n) is 5.68. The second-order valence-corrected chi connectivity index (χ2v) is 4.71. The monoisotopic (exact) mass is 319 g/mol. The molecule has 0 saturated carbocycles. The smallest absolute Gasteiger partial charge is 0.159 e. The molecule has 0 aliphatic rings. The van der Waals surface area contributed by atoms with Crippen molar-refractivity contribution in [3.05, 3.63) is 47.7 Å². The van der Waals surface area contributed by atoms with Gasteiger partial charge in [0.2, 0.25) is 0 Å². The standard InChI is InChI=1S/C13H14BrN5/c1-2-6-16-12-11(15)13(18-8-17-12)19-10-5-3-4-9(14)7-10/h2-5,7-8H,1,6,15H2,(H2,16,17,18,19). The zero-order chi connectivity index (χ0) is 13.7. The Morgan fingerprint density at radius 2 is 2.11 bits per heavy atom. The lowest BCUT2D eigenvalue weighted by Gasteiger charge is -2.11. The first-order chi connectivity index (χ1) is 9.20. The van der Waals surface area contributed by atoms with E-state index in [1.165, 1.54) is 6.33 Å². The number of anilines is 4. The molecule has 4 N–H and O–H groups in total. The maximum atomic E-state index is 6.01. The first-order valence-corrected chi connectivity index (χ1v) is 6.48. The van der Waals surface area contributed by atoms with Crippen LogP contribution in [0.1, 0.15) is 0 Å². The molecule has 0 aliphatic heterocycles. The number of nitrogens with zero attached hydrogens (tertiary/aromatic N) is 2. The van der Waals surface area contributed by atoms with Crippen LogP contribution >= 0.6 is 15.9 Å². The van der Waals surface area contributed by atoms with Crippen molar-refractivity contribution in [1.82, 2.24) is 9.97 Å². The molecule has 1 aromatic carbocycles. The minimum Gasteiger partial charge on any atom is -0.393 e. The van der Waals surface area contributed by atoms with Crippen LogP contribution in [0.4, 0.5) is 23.0 Å². The highest BCUT2D eigenvalue weighted by atomic mass is 79.9. The van der Waals surface area contributed by atoms with Gasteiger partial charge in [-0.1, -0.05) is 28.1 Å². The van der Waals surface area contributed by atoms with Crippen LogP contribution in [0.3, 0.4) is 0 Å². The number of hydrogen-bond acceptors (Lipinski definition) is 5. The Morgan fingerprint density at radius 3 is 2.84 bits per heavy atom. The van der Waals surface area contributed by atoms with Crippen LogP contribution in [-0.2, 0) is 0 Å². The van der Waals surface area contributed by atoms with Crippen molar-refractivity contribution in [1.29, 1.82) is 0 Å². The fourth-order valence-corrected chi connectivity index (χ4v) is 1.91. The average Bonchev–Trinajstić information content (AvgIpc) is 2.40. The van der Waals surface area contributed by atoms with Crippen molar-refractivity contribution in [2.45, 2.75) is 0 Å². The second kappa shape index (κ2) is 6.19. The van der Waals surface area contributed by atoms with Crippen LogP contribution < -0.4 is 16.4 Å². The molecule has 6 heteroatoms. The molecular formula is C13H14BrN5. The van der Waals surface area contributed by atoms with E-state index in [-0.39, 0.29) is 0 Å². The molecule has 0 unspecified atom stereocenters. The molecule has 1 heterocycles. The molecule has 2 rings (SSSR count). The number of hydrogen-bond donors (Lipinski definition) is 3. The largest absolute Gasteiger partial charge is 0.393 e. The Morgan fingerprint density at radius 1 is 1.32 bits per heavy atom. The normalized spacial score (nSPS) is 9.95. The number of nitrogen functional groups attached to an aromatic ring is 1. The van der Waals surface area contributed by atoms with Crippen LogP contribution in [0.25, 0.3) is 0 Å². The van der Waals surface area contributed by atoms with Gasteiger partial charge in [0.1, 0.15) is 12.0 Å². The van der Waals surface area contributed by atoms with Gasteiger partial charge in [0.25, 0.3) is 0 Å². The van der Waals surface area contributed by atoms with E-state index in [0.717, 1.165) is 10.2 Å². The van der Waals surface area contributed by atoms with Crippen molar-refractivity contribution in [3.63, 3.8) is 0 Å². The molecule has 0 atom stereocenters. The van der Waals surface area contributed by atoms with Gasteiger partial charge in [-0.25, -0.2) is 9.97 Å². The van der Waals surface area contributed by atoms with E-state index < -0.39 is 0 Å². The summed E-state index contributed by atoms with van der Waals surface area (Å²) in [5.41, 5.74) is 7.39. The van der Waals surface area contributed by atoms with Crippen LogP contribution in [-0.4, -0.2) is 16.5 Å². The van der Waals surface area contributed by atoms with Gasteiger partial charge < -0.3 is 16.4 Å². The van der Waals surface area contributed by atoms with Gasteiger partial charge in [0.05, 0.1) is 0 Å². The molecule has 98 valence electrons. The van der Waals surface area contributed by atoms with Gasteiger partial charge in [-0.05, 0) is 18.2 Å². The maximum absolute atomic E-state index is 6.01. The lowest BCUT2D eigenvalue weighted by Crippen LogP contribution is -2.07. The summed E-state index contributed by atoms with van der Waals surface area (Å²) >= 11 is 3.42. The number of rotatable bonds is 5. The zero-order valence-electron chi connectivity index (χ0n) is 10.2. The third-order valence-electron chi connectivity index (χ3n) is 2.39. The molecule has 0 fully saturated rings. The number of nitrogens with one attached hydrogen (secondary N) is 2. The van der Waals surface area contributed by atoms with Gasteiger partial charge >= 0.3 is 0 Å². The zero-order valence-corrected chi connectivity index (χ0v) is 11.8. The van der Waals surface area contributed by atoms with E-state index in [1.54, 1.807) is 6.08 Å². The molecule has 0 spiro atoms. The van der Waals surface area contributed by atoms with Crippen molar-refractivity contribution in [3.8, 4) is 0 Å². The Balaban J connectivity index is 2.23. The van der Waals surface area contributed by atoms with Crippen LogP contribution in [0, 0.1) is 0 Å². The quantitative estimate of drug-likeness (QED) is 0.738. The maximum Gasteiger partial charge on any atom is 0.159 e.